The van der Waals surface area contributed by atoms with E-state index in [4.69, 9.17) is 5.11 Å². The highest BCUT2D eigenvalue weighted by Gasteiger charge is 2.53. The van der Waals surface area contributed by atoms with Crippen LogP contribution in [0.3, 0.4) is 0 Å². The predicted octanol–water partition coefficient (Wildman–Crippen LogP) is 1.28. The Balaban J connectivity index is 2.35. The molecule has 0 aliphatic heterocycles. The van der Waals surface area contributed by atoms with Crippen LogP contribution in [0.5, 0.6) is 0 Å². The second-order valence-corrected chi connectivity index (χ2v) is 5.27. The average Bonchev–Trinajstić information content (AvgIpc) is 2.13. The number of aliphatic carboxylic acids is 1. The van der Waals surface area contributed by atoms with Crippen LogP contribution < -0.4 is 0 Å². The van der Waals surface area contributed by atoms with Crippen LogP contribution in [0.15, 0.2) is 12.2 Å². The molecule has 2 unspecified atom stereocenters. The van der Waals surface area contributed by atoms with Crippen molar-refractivity contribution in [3.8, 4) is 0 Å². The second-order valence-electron chi connectivity index (χ2n) is 5.27. The highest BCUT2D eigenvalue weighted by Crippen LogP contribution is 2.52. The Labute approximate surface area is 94.0 Å². The van der Waals surface area contributed by atoms with Gasteiger partial charge in [0.15, 0.2) is 0 Å². The molecule has 4 heteroatoms. The standard InChI is InChI=1S/C12H16O4/c1-8-5-11(9(13)10(14)15)3-2-4-12(16,6-8)7-11/h16H,1-7H2,(H,14,15). The summed E-state index contributed by atoms with van der Waals surface area (Å²) >= 11 is 0. The fourth-order valence-electron chi connectivity index (χ4n) is 3.37. The lowest BCUT2D eigenvalue weighted by Gasteiger charge is -2.48. The van der Waals surface area contributed by atoms with Crippen LogP contribution in [0.25, 0.3) is 0 Å². The first-order valence-electron chi connectivity index (χ1n) is 5.54. The normalized spacial score (nSPS) is 38.2. The van der Waals surface area contributed by atoms with Crippen molar-refractivity contribution >= 4 is 11.8 Å². The van der Waals surface area contributed by atoms with Gasteiger partial charge in [-0.15, -0.1) is 0 Å². The van der Waals surface area contributed by atoms with E-state index in [-0.39, 0.29) is 6.42 Å². The minimum absolute atomic E-state index is 0.282. The zero-order valence-electron chi connectivity index (χ0n) is 9.16. The van der Waals surface area contributed by atoms with Crippen LogP contribution in [0.2, 0.25) is 0 Å². The lowest BCUT2D eigenvalue weighted by atomic mass is 9.57. The number of carboxylic acid groups (broad SMARTS) is 1. The summed E-state index contributed by atoms with van der Waals surface area (Å²) in [6, 6.07) is 0. The lowest BCUT2D eigenvalue weighted by Crippen LogP contribution is -2.51. The van der Waals surface area contributed by atoms with E-state index < -0.39 is 22.8 Å². The molecule has 4 nitrogen and oxygen atoms in total. The van der Waals surface area contributed by atoms with Gasteiger partial charge in [-0.25, -0.2) is 4.79 Å². The Hall–Kier alpha value is -1.16. The van der Waals surface area contributed by atoms with Gasteiger partial charge >= 0.3 is 5.97 Å². The molecule has 2 rings (SSSR count). The third-order valence-electron chi connectivity index (χ3n) is 3.81. The van der Waals surface area contributed by atoms with Gasteiger partial charge in [0.25, 0.3) is 0 Å². The first-order chi connectivity index (χ1) is 7.37. The molecule has 2 atom stereocenters. The molecule has 2 aliphatic carbocycles. The number of rotatable bonds is 2. The number of Topliss-reactive ketones (excluding diaryl/α,β-unsaturated/α-hetero) is 1. The number of hydrogen-bond acceptors (Lipinski definition) is 3. The van der Waals surface area contributed by atoms with Crippen LogP contribution in [0.1, 0.15) is 38.5 Å². The number of aliphatic hydroxyl groups is 1. The van der Waals surface area contributed by atoms with Gasteiger partial charge in [-0.05, 0) is 38.5 Å². The fraction of sp³-hybridized carbons (Fsp3) is 0.667. The Morgan fingerprint density at radius 1 is 1.25 bits per heavy atom. The Bertz CT molecular complexity index is 373. The predicted molar refractivity (Wildman–Crippen MR) is 56.9 cm³/mol. The lowest BCUT2D eigenvalue weighted by molar-refractivity contribution is -0.160. The van der Waals surface area contributed by atoms with E-state index in [0.29, 0.717) is 32.1 Å². The summed E-state index contributed by atoms with van der Waals surface area (Å²) < 4.78 is 0. The molecule has 2 fully saturated rings. The van der Waals surface area contributed by atoms with Gasteiger partial charge in [0.1, 0.15) is 0 Å². The first-order valence-corrected chi connectivity index (χ1v) is 5.54. The molecule has 2 aliphatic rings. The van der Waals surface area contributed by atoms with Gasteiger partial charge in [-0.2, -0.15) is 0 Å². The molecule has 88 valence electrons. The van der Waals surface area contributed by atoms with E-state index >= 15 is 0 Å². The largest absolute Gasteiger partial charge is 0.475 e. The topological polar surface area (TPSA) is 74.6 Å². The summed E-state index contributed by atoms with van der Waals surface area (Å²) in [7, 11) is 0. The van der Waals surface area contributed by atoms with Crippen molar-refractivity contribution < 1.29 is 19.8 Å². The zero-order chi connectivity index (χ0) is 12.0. The number of carbonyl (C=O) groups is 2. The zero-order valence-corrected chi connectivity index (χ0v) is 9.16. The van der Waals surface area contributed by atoms with E-state index in [1.165, 1.54) is 0 Å². The van der Waals surface area contributed by atoms with Crippen molar-refractivity contribution in [3.63, 3.8) is 0 Å². The molecule has 0 radical (unpaired) electrons. The van der Waals surface area contributed by atoms with Crippen LogP contribution in [-0.2, 0) is 9.59 Å². The number of fused-ring (bicyclic) bond motifs is 2. The Kier molecular flexibility index (Phi) is 2.42. The van der Waals surface area contributed by atoms with Crippen molar-refractivity contribution in [2.75, 3.05) is 0 Å². The van der Waals surface area contributed by atoms with Crippen molar-refractivity contribution in [1.82, 2.24) is 0 Å². The SMILES string of the molecule is C=C1CC2(O)CCCC(C(=O)C(=O)O)(C1)C2. The van der Waals surface area contributed by atoms with Gasteiger partial charge in [-0.1, -0.05) is 12.2 Å². The van der Waals surface area contributed by atoms with Gasteiger partial charge < -0.3 is 10.2 Å². The second kappa shape index (κ2) is 3.42. The molecule has 16 heavy (non-hydrogen) atoms. The third-order valence-corrected chi connectivity index (χ3v) is 3.81. The summed E-state index contributed by atoms with van der Waals surface area (Å²) in [5, 5.41) is 19.1. The Morgan fingerprint density at radius 2 is 1.94 bits per heavy atom. The van der Waals surface area contributed by atoms with E-state index in [1.54, 1.807) is 0 Å². The van der Waals surface area contributed by atoms with Gasteiger partial charge in [0, 0.05) is 5.41 Å². The van der Waals surface area contributed by atoms with E-state index in [2.05, 4.69) is 6.58 Å². The summed E-state index contributed by atoms with van der Waals surface area (Å²) in [6.07, 6.45) is 3.11. The quantitative estimate of drug-likeness (QED) is 0.547. The molecular weight excluding hydrogens is 208 g/mol. The Morgan fingerprint density at radius 3 is 2.56 bits per heavy atom. The van der Waals surface area contributed by atoms with Crippen molar-refractivity contribution in [1.29, 1.82) is 0 Å². The highest BCUT2D eigenvalue weighted by atomic mass is 16.4. The number of carbonyl (C=O) groups excluding carboxylic acids is 1. The summed E-state index contributed by atoms with van der Waals surface area (Å²) in [6.45, 7) is 3.82. The molecule has 0 heterocycles. The maximum absolute atomic E-state index is 11.8. The van der Waals surface area contributed by atoms with Gasteiger partial charge in [0.2, 0.25) is 5.78 Å². The molecule has 0 aromatic rings. The summed E-state index contributed by atoms with van der Waals surface area (Å²) in [5.74, 6) is -2.15. The fourth-order valence-corrected chi connectivity index (χ4v) is 3.37. The van der Waals surface area contributed by atoms with Gasteiger partial charge in [0.05, 0.1) is 5.60 Å². The number of carboxylic acids is 1. The third kappa shape index (κ3) is 1.67. The minimum atomic E-state index is -1.39. The van der Waals surface area contributed by atoms with Crippen molar-refractivity contribution in [2.24, 2.45) is 5.41 Å². The summed E-state index contributed by atoms with van der Waals surface area (Å²) in [5.41, 5.74) is -1.00. The van der Waals surface area contributed by atoms with Crippen molar-refractivity contribution in [3.05, 3.63) is 12.2 Å². The number of ketones is 1. The summed E-state index contributed by atoms with van der Waals surface area (Å²) in [4.78, 5) is 22.6. The van der Waals surface area contributed by atoms with E-state index in [0.717, 1.165) is 5.57 Å². The van der Waals surface area contributed by atoms with Crippen LogP contribution in [-0.4, -0.2) is 27.6 Å². The first kappa shape index (κ1) is 11.3. The van der Waals surface area contributed by atoms with E-state index in [1.807, 2.05) is 0 Å². The molecular formula is C12H16O4. The monoisotopic (exact) mass is 224 g/mol. The molecule has 2 saturated carbocycles. The molecule has 2 bridgehead atoms. The number of hydrogen-bond donors (Lipinski definition) is 2. The van der Waals surface area contributed by atoms with Crippen molar-refractivity contribution in [2.45, 2.75) is 44.1 Å². The maximum atomic E-state index is 11.8. The van der Waals surface area contributed by atoms with Crippen LogP contribution in [0, 0.1) is 5.41 Å². The molecule has 0 saturated heterocycles. The molecule has 0 spiro atoms. The van der Waals surface area contributed by atoms with E-state index in [9.17, 15) is 14.7 Å². The van der Waals surface area contributed by atoms with Crippen LogP contribution in [0.4, 0.5) is 0 Å². The smallest absolute Gasteiger partial charge is 0.372 e. The maximum Gasteiger partial charge on any atom is 0.372 e. The van der Waals surface area contributed by atoms with Crippen LogP contribution >= 0.6 is 0 Å². The average molecular weight is 224 g/mol. The molecule has 2 N–H and O–H groups in total. The minimum Gasteiger partial charge on any atom is -0.475 e. The highest BCUT2D eigenvalue weighted by molar-refractivity contribution is 6.35. The van der Waals surface area contributed by atoms with Gasteiger partial charge in [-0.3, -0.25) is 4.79 Å². The molecule has 0 amide bonds. The molecule has 0 aromatic heterocycles. The molecule has 0 aromatic carbocycles.